The van der Waals surface area contributed by atoms with Crippen molar-refractivity contribution in [2.24, 2.45) is 0 Å². The Morgan fingerprint density at radius 3 is 1.74 bits per heavy atom. The maximum Gasteiger partial charge on any atom is 0.238 e. The zero-order valence-corrected chi connectivity index (χ0v) is 31.0. The summed E-state index contributed by atoms with van der Waals surface area (Å²) in [6, 6.07) is 64.5. The van der Waals surface area contributed by atoms with Crippen LogP contribution in [0.4, 0.5) is 0 Å². The third-order valence-electron chi connectivity index (χ3n) is 12.0. The van der Waals surface area contributed by atoms with E-state index in [1.54, 1.807) is 0 Å². The lowest BCUT2D eigenvalue weighted by Crippen LogP contribution is -2.06. The van der Waals surface area contributed by atoms with Crippen molar-refractivity contribution < 1.29 is 4.42 Å². The van der Waals surface area contributed by atoms with Crippen molar-refractivity contribution in [3.05, 3.63) is 182 Å². The second kappa shape index (κ2) is 11.8. The molecule has 0 aliphatic carbocycles. The van der Waals surface area contributed by atoms with Gasteiger partial charge in [0, 0.05) is 27.1 Å². The lowest BCUT2D eigenvalue weighted by Gasteiger charge is -2.13. The van der Waals surface area contributed by atoms with Crippen LogP contribution in [-0.2, 0) is 0 Å². The molecule has 13 aromatic rings. The van der Waals surface area contributed by atoms with E-state index in [4.69, 9.17) is 19.4 Å². The van der Waals surface area contributed by atoms with Crippen LogP contribution in [0.2, 0.25) is 0 Å². The minimum absolute atomic E-state index is 0.545. The van der Waals surface area contributed by atoms with Crippen LogP contribution in [-0.4, -0.2) is 19.5 Å². The van der Waals surface area contributed by atoms with Crippen molar-refractivity contribution in [1.29, 1.82) is 0 Å². The van der Waals surface area contributed by atoms with Crippen molar-refractivity contribution >= 4 is 97.6 Å². The third-order valence-corrected chi connectivity index (χ3v) is 12.0. The number of fused-ring (bicyclic) bond motifs is 15. The first kappa shape index (κ1) is 31.3. The number of hydrogen-bond acceptors (Lipinski definition) is 4. The first-order valence-corrected chi connectivity index (χ1v) is 19.6. The normalized spacial score (nSPS) is 12.1. The largest absolute Gasteiger partial charge is 0.455 e. The maximum absolute atomic E-state index is 6.75. The van der Waals surface area contributed by atoms with E-state index in [9.17, 15) is 0 Å². The average Bonchev–Trinajstić information content (AvgIpc) is 3.83. The van der Waals surface area contributed by atoms with Crippen LogP contribution in [0, 0.1) is 0 Å². The van der Waals surface area contributed by atoms with Gasteiger partial charge in [0.2, 0.25) is 5.95 Å². The molecule has 0 radical (unpaired) electrons. The van der Waals surface area contributed by atoms with E-state index in [1.807, 2.05) is 0 Å². The molecule has 0 unspecified atom stereocenters. The predicted molar refractivity (Wildman–Crippen MR) is 240 cm³/mol. The minimum Gasteiger partial charge on any atom is -0.455 e. The van der Waals surface area contributed by atoms with Gasteiger partial charge in [-0.1, -0.05) is 146 Å². The summed E-state index contributed by atoms with van der Waals surface area (Å²) in [5, 5.41) is 16.3. The maximum atomic E-state index is 6.75. The summed E-state index contributed by atoms with van der Waals surface area (Å²) in [6.07, 6.45) is 0. The summed E-state index contributed by atoms with van der Waals surface area (Å²) in [4.78, 5) is 16.1. The summed E-state index contributed by atoms with van der Waals surface area (Å²) in [6.45, 7) is 0. The minimum atomic E-state index is 0.545. The molecule has 0 saturated heterocycles. The standard InChI is InChI=1S/C53H30N4O/c1-2-14-33-30-48-45(28-32(33)13-1)41-21-11-22-43(50(41)58-48)52-54-51(34-24-26-40-38-18-6-5-16-36(38)37-17-7-8-19-39(37)44(40)29-34)55-53(56-52)57-46-23-10-9-20-42(46)49-35-15-4-3-12-31(35)25-27-47(49)57/h1-30H. The fourth-order valence-electron chi connectivity index (χ4n) is 9.38. The summed E-state index contributed by atoms with van der Waals surface area (Å²) in [5.74, 6) is 1.68. The Hall–Kier alpha value is -7.89. The zero-order chi connectivity index (χ0) is 37.9. The molecule has 0 atom stereocenters. The fourth-order valence-corrected chi connectivity index (χ4v) is 9.38. The number of rotatable bonds is 3. The number of hydrogen-bond donors (Lipinski definition) is 0. The molecule has 0 amide bonds. The van der Waals surface area contributed by atoms with Gasteiger partial charge in [0.25, 0.3) is 0 Å². The van der Waals surface area contributed by atoms with Crippen LogP contribution >= 0.6 is 0 Å². The number of furan rings is 1. The molecule has 0 fully saturated rings. The lowest BCUT2D eigenvalue weighted by molar-refractivity contribution is 0.670. The number of benzene rings is 10. The van der Waals surface area contributed by atoms with Gasteiger partial charge in [0.15, 0.2) is 11.6 Å². The number of aromatic nitrogens is 4. The van der Waals surface area contributed by atoms with Crippen molar-refractivity contribution in [3.8, 4) is 28.7 Å². The lowest BCUT2D eigenvalue weighted by atomic mass is 9.93. The molecule has 3 heterocycles. The monoisotopic (exact) mass is 738 g/mol. The van der Waals surface area contributed by atoms with E-state index in [0.29, 0.717) is 17.6 Å². The molecule has 10 aromatic carbocycles. The van der Waals surface area contributed by atoms with E-state index in [1.165, 1.54) is 48.5 Å². The van der Waals surface area contributed by atoms with Gasteiger partial charge < -0.3 is 4.42 Å². The van der Waals surface area contributed by atoms with Gasteiger partial charge in [0.1, 0.15) is 11.2 Å². The Labute approximate surface area is 331 Å². The first-order chi connectivity index (χ1) is 28.7. The quantitative estimate of drug-likeness (QED) is 0.169. The highest BCUT2D eigenvalue weighted by molar-refractivity contribution is 6.26. The average molecular weight is 739 g/mol. The second-order valence-corrected chi connectivity index (χ2v) is 15.1. The Morgan fingerprint density at radius 1 is 0.362 bits per heavy atom. The highest BCUT2D eigenvalue weighted by Gasteiger charge is 2.22. The summed E-state index contributed by atoms with van der Waals surface area (Å²) >= 11 is 0. The molecule has 0 aliphatic rings. The predicted octanol–water partition coefficient (Wildman–Crippen LogP) is 14.0. The van der Waals surface area contributed by atoms with Crippen molar-refractivity contribution in [3.63, 3.8) is 0 Å². The van der Waals surface area contributed by atoms with Crippen LogP contribution < -0.4 is 0 Å². The molecule has 13 rings (SSSR count). The molecular formula is C53H30N4O. The SMILES string of the molecule is c1ccc2cc3c(cc2c1)oc1c(-c2nc(-c4ccc5c6ccccc6c6ccccc6c5c4)nc(-n4c5ccccc5c5c6ccccc6ccc54)n2)cccc13. The second-order valence-electron chi connectivity index (χ2n) is 15.1. The van der Waals surface area contributed by atoms with Crippen molar-refractivity contribution in [2.75, 3.05) is 0 Å². The summed E-state index contributed by atoms with van der Waals surface area (Å²) in [7, 11) is 0. The molecule has 3 aromatic heterocycles. The fraction of sp³-hybridized carbons (Fsp3) is 0. The molecule has 58 heavy (non-hydrogen) atoms. The van der Waals surface area contributed by atoms with E-state index < -0.39 is 0 Å². The molecule has 0 N–H and O–H groups in total. The first-order valence-electron chi connectivity index (χ1n) is 19.6. The summed E-state index contributed by atoms with van der Waals surface area (Å²) < 4.78 is 8.95. The van der Waals surface area contributed by atoms with Gasteiger partial charge >= 0.3 is 0 Å². The Bertz CT molecular complexity index is 3840. The molecular weight excluding hydrogens is 709 g/mol. The Morgan fingerprint density at radius 2 is 0.966 bits per heavy atom. The molecule has 268 valence electrons. The van der Waals surface area contributed by atoms with Crippen molar-refractivity contribution in [1.82, 2.24) is 19.5 Å². The summed E-state index contributed by atoms with van der Waals surface area (Å²) in [5.41, 5.74) is 5.37. The van der Waals surface area contributed by atoms with E-state index in [2.05, 4.69) is 187 Å². The highest BCUT2D eigenvalue weighted by atomic mass is 16.3. The molecule has 0 saturated carbocycles. The van der Waals surface area contributed by atoms with Gasteiger partial charge in [-0.15, -0.1) is 0 Å². The molecule has 5 nitrogen and oxygen atoms in total. The number of nitrogens with zero attached hydrogens (tertiary/aromatic N) is 4. The molecule has 0 spiro atoms. The van der Waals surface area contributed by atoms with E-state index in [-0.39, 0.29) is 0 Å². The van der Waals surface area contributed by atoms with E-state index >= 15 is 0 Å². The Kier molecular flexibility index (Phi) is 6.38. The van der Waals surface area contributed by atoms with Crippen LogP contribution in [0.5, 0.6) is 0 Å². The number of para-hydroxylation sites is 2. The van der Waals surface area contributed by atoms with Crippen LogP contribution in [0.3, 0.4) is 0 Å². The molecule has 5 heteroatoms. The zero-order valence-electron chi connectivity index (χ0n) is 31.0. The van der Waals surface area contributed by atoms with Crippen LogP contribution in [0.25, 0.3) is 126 Å². The van der Waals surface area contributed by atoms with Crippen LogP contribution in [0.1, 0.15) is 0 Å². The van der Waals surface area contributed by atoms with Gasteiger partial charge in [-0.05, 0) is 90.3 Å². The molecule has 0 bridgehead atoms. The van der Waals surface area contributed by atoms with E-state index in [0.717, 1.165) is 60.3 Å². The van der Waals surface area contributed by atoms with Gasteiger partial charge in [-0.3, -0.25) is 4.57 Å². The Balaban J connectivity index is 1.13. The van der Waals surface area contributed by atoms with Gasteiger partial charge in [-0.25, -0.2) is 4.98 Å². The smallest absolute Gasteiger partial charge is 0.238 e. The third kappa shape index (κ3) is 4.44. The van der Waals surface area contributed by atoms with Crippen LogP contribution in [0.15, 0.2) is 186 Å². The van der Waals surface area contributed by atoms with Crippen molar-refractivity contribution in [2.45, 2.75) is 0 Å². The highest BCUT2D eigenvalue weighted by Crippen LogP contribution is 2.41. The topological polar surface area (TPSA) is 56.7 Å². The van der Waals surface area contributed by atoms with Gasteiger partial charge in [0.05, 0.1) is 16.6 Å². The molecule has 0 aliphatic heterocycles. The van der Waals surface area contributed by atoms with Gasteiger partial charge in [-0.2, -0.15) is 9.97 Å².